The average molecular weight is 368 g/mol. The van der Waals surface area contributed by atoms with Crippen LogP contribution in [0.25, 0.3) is 11.1 Å². The molecule has 1 fully saturated rings. The highest BCUT2D eigenvalue weighted by atomic mass is 19.4. The molecule has 0 bridgehead atoms. The second kappa shape index (κ2) is 6.99. The van der Waals surface area contributed by atoms with Crippen molar-refractivity contribution in [2.24, 2.45) is 11.0 Å². The van der Waals surface area contributed by atoms with Crippen LogP contribution in [0.5, 0.6) is 0 Å². The maximum Gasteiger partial charge on any atom is 0.419 e. The van der Waals surface area contributed by atoms with E-state index < -0.39 is 35.5 Å². The number of hydrogen-bond acceptors (Lipinski definition) is 5. The molecule has 26 heavy (non-hydrogen) atoms. The van der Waals surface area contributed by atoms with Crippen molar-refractivity contribution in [3.8, 4) is 11.1 Å². The van der Waals surface area contributed by atoms with E-state index in [1.165, 1.54) is 12.1 Å². The van der Waals surface area contributed by atoms with E-state index in [1.807, 2.05) is 0 Å². The SMILES string of the molecule is N=Nc1c(NCC2CC2)ccc(-c2ccc(CO)nc2F)c1C(F)(F)F. The van der Waals surface area contributed by atoms with Gasteiger partial charge in [0.15, 0.2) is 0 Å². The van der Waals surface area contributed by atoms with Crippen LogP contribution in [-0.2, 0) is 12.8 Å². The van der Waals surface area contributed by atoms with Crippen LogP contribution in [0.4, 0.5) is 28.9 Å². The Morgan fingerprint density at radius 3 is 2.42 bits per heavy atom. The van der Waals surface area contributed by atoms with Crippen LogP contribution in [-0.4, -0.2) is 16.6 Å². The zero-order valence-corrected chi connectivity index (χ0v) is 13.6. The van der Waals surface area contributed by atoms with E-state index in [9.17, 15) is 17.6 Å². The number of pyridine rings is 1. The lowest BCUT2D eigenvalue weighted by atomic mass is 9.97. The van der Waals surface area contributed by atoms with Crippen LogP contribution in [0.2, 0.25) is 0 Å². The second-order valence-electron chi connectivity index (χ2n) is 6.12. The molecule has 0 saturated heterocycles. The van der Waals surface area contributed by atoms with Crippen molar-refractivity contribution >= 4 is 11.4 Å². The zero-order chi connectivity index (χ0) is 18.9. The average Bonchev–Trinajstić information content (AvgIpc) is 3.42. The quantitative estimate of drug-likeness (QED) is 0.386. The molecule has 9 heteroatoms. The summed E-state index contributed by atoms with van der Waals surface area (Å²) < 4.78 is 55.3. The van der Waals surface area contributed by atoms with E-state index in [0.717, 1.165) is 25.0 Å². The van der Waals surface area contributed by atoms with E-state index in [1.54, 1.807) is 0 Å². The number of alkyl halides is 3. The molecule has 3 rings (SSSR count). The van der Waals surface area contributed by atoms with Crippen LogP contribution in [0.1, 0.15) is 24.1 Å². The Morgan fingerprint density at radius 2 is 1.88 bits per heavy atom. The number of aromatic nitrogens is 1. The van der Waals surface area contributed by atoms with Gasteiger partial charge >= 0.3 is 6.18 Å². The van der Waals surface area contributed by atoms with Gasteiger partial charge in [-0.05, 0) is 37.0 Å². The molecule has 0 spiro atoms. The fourth-order valence-corrected chi connectivity index (χ4v) is 2.70. The molecule has 0 unspecified atom stereocenters. The maximum atomic E-state index is 14.2. The van der Waals surface area contributed by atoms with Crippen molar-refractivity contribution in [2.45, 2.75) is 25.6 Å². The molecule has 1 aliphatic carbocycles. The van der Waals surface area contributed by atoms with Gasteiger partial charge in [0.25, 0.3) is 0 Å². The Balaban J connectivity index is 2.13. The first-order valence-electron chi connectivity index (χ1n) is 7.97. The summed E-state index contributed by atoms with van der Waals surface area (Å²) in [4.78, 5) is 3.46. The van der Waals surface area contributed by atoms with E-state index in [0.29, 0.717) is 12.5 Å². The summed E-state index contributed by atoms with van der Waals surface area (Å²) in [6, 6.07) is 4.88. The third kappa shape index (κ3) is 3.67. The first kappa shape index (κ1) is 18.2. The van der Waals surface area contributed by atoms with Crippen molar-refractivity contribution in [3.63, 3.8) is 0 Å². The number of nitrogens with one attached hydrogen (secondary N) is 2. The molecule has 1 aliphatic rings. The van der Waals surface area contributed by atoms with Gasteiger partial charge in [0.2, 0.25) is 5.95 Å². The van der Waals surface area contributed by atoms with Gasteiger partial charge in [0.1, 0.15) is 5.69 Å². The zero-order valence-electron chi connectivity index (χ0n) is 13.6. The molecule has 0 aliphatic heterocycles. The van der Waals surface area contributed by atoms with Crippen LogP contribution in [0.15, 0.2) is 29.4 Å². The highest BCUT2D eigenvalue weighted by Crippen LogP contribution is 2.47. The van der Waals surface area contributed by atoms with Gasteiger partial charge in [-0.2, -0.15) is 22.7 Å². The minimum absolute atomic E-state index is 0.00734. The molecule has 1 aromatic heterocycles. The van der Waals surface area contributed by atoms with Gasteiger partial charge in [-0.3, -0.25) is 0 Å². The number of aliphatic hydroxyl groups excluding tert-OH is 1. The predicted octanol–water partition coefficient (Wildman–Crippen LogP) is 4.88. The lowest BCUT2D eigenvalue weighted by Crippen LogP contribution is -2.11. The molecule has 0 radical (unpaired) electrons. The summed E-state index contributed by atoms with van der Waals surface area (Å²) in [6.45, 7) is -0.0269. The van der Waals surface area contributed by atoms with Gasteiger partial charge in [0, 0.05) is 17.7 Å². The predicted molar refractivity (Wildman–Crippen MR) is 86.6 cm³/mol. The maximum absolute atomic E-state index is 14.2. The van der Waals surface area contributed by atoms with E-state index in [-0.39, 0.29) is 16.9 Å². The van der Waals surface area contributed by atoms with Crippen molar-refractivity contribution in [3.05, 3.63) is 41.5 Å². The fourth-order valence-electron chi connectivity index (χ4n) is 2.70. The molecule has 0 amide bonds. The molecular weight excluding hydrogens is 352 g/mol. The monoisotopic (exact) mass is 368 g/mol. The third-order valence-electron chi connectivity index (χ3n) is 4.21. The summed E-state index contributed by atoms with van der Waals surface area (Å²) in [6.07, 6.45) is -2.81. The molecule has 3 N–H and O–H groups in total. The summed E-state index contributed by atoms with van der Waals surface area (Å²) in [7, 11) is 0. The number of aliphatic hydroxyl groups is 1. The minimum atomic E-state index is -4.84. The molecule has 5 nitrogen and oxygen atoms in total. The van der Waals surface area contributed by atoms with Gasteiger partial charge in [0.05, 0.1) is 23.6 Å². The van der Waals surface area contributed by atoms with Gasteiger partial charge in [-0.15, -0.1) is 0 Å². The standard InChI is InChI=1S/C17H16F4N4O/c18-16-12(4-3-10(8-26)24-16)11-5-6-13(23-7-9-1-2-9)15(25-22)14(11)17(19,20)21/h3-6,9,22-23,26H,1-2,7-8H2. The van der Waals surface area contributed by atoms with Crippen LogP contribution >= 0.6 is 0 Å². The van der Waals surface area contributed by atoms with Crippen LogP contribution < -0.4 is 5.32 Å². The Kier molecular flexibility index (Phi) is 4.90. The third-order valence-corrected chi connectivity index (χ3v) is 4.21. The Bertz CT molecular complexity index is 834. The summed E-state index contributed by atoms with van der Waals surface area (Å²) in [5.74, 6) is -0.716. The summed E-state index contributed by atoms with van der Waals surface area (Å²) in [5, 5.41) is 14.9. The molecule has 2 aromatic rings. The lowest BCUT2D eigenvalue weighted by Gasteiger charge is -2.19. The number of benzene rings is 1. The van der Waals surface area contributed by atoms with E-state index >= 15 is 0 Å². The molecule has 138 valence electrons. The smallest absolute Gasteiger partial charge is 0.390 e. The lowest BCUT2D eigenvalue weighted by molar-refractivity contribution is -0.136. The fraction of sp³-hybridized carbons (Fsp3) is 0.353. The summed E-state index contributed by atoms with van der Waals surface area (Å²) in [5.41, 5.74) is 4.73. The van der Waals surface area contributed by atoms with Crippen molar-refractivity contribution in [1.29, 1.82) is 5.53 Å². The van der Waals surface area contributed by atoms with Crippen LogP contribution in [0, 0.1) is 17.4 Å². The highest BCUT2D eigenvalue weighted by molar-refractivity contribution is 5.81. The molecule has 1 aromatic carbocycles. The summed E-state index contributed by atoms with van der Waals surface area (Å²) >= 11 is 0. The topological polar surface area (TPSA) is 81.4 Å². The Hall–Kier alpha value is -2.55. The minimum Gasteiger partial charge on any atom is -0.390 e. The number of rotatable bonds is 6. The largest absolute Gasteiger partial charge is 0.419 e. The Morgan fingerprint density at radius 1 is 1.19 bits per heavy atom. The first-order valence-corrected chi connectivity index (χ1v) is 7.97. The van der Waals surface area contributed by atoms with Gasteiger partial charge in [-0.25, -0.2) is 10.5 Å². The van der Waals surface area contributed by atoms with E-state index in [4.69, 9.17) is 10.6 Å². The van der Waals surface area contributed by atoms with Crippen molar-refractivity contribution < 1.29 is 22.7 Å². The molecule has 0 atom stereocenters. The number of halogens is 4. The molecule has 1 heterocycles. The number of hydrogen-bond donors (Lipinski definition) is 3. The highest BCUT2D eigenvalue weighted by Gasteiger charge is 2.39. The van der Waals surface area contributed by atoms with E-state index in [2.05, 4.69) is 15.4 Å². The normalized spacial score (nSPS) is 14.3. The van der Waals surface area contributed by atoms with Gasteiger partial charge < -0.3 is 10.4 Å². The van der Waals surface area contributed by atoms with Gasteiger partial charge in [-0.1, -0.05) is 6.07 Å². The number of nitrogens with zero attached hydrogens (tertiary/aromatic N) is 2. The van der Waals surface area contributed by atoms with Crippen molar-refractivity contribution in [2.75, 3.05) is 11.9 Å². The second-order valence-corrected chi connectivity index (χ2v) is 6.12. The van der Waals surface area contributed by atoms with Crippen LogP contribution in [0.3, 0.4) is 0 Å². The number of anilines is 1. The first-order chi connectivity index (χ1) is 12.3. The molecular formula is C17H16F4N4O. The van der Waals surface area contributed by atoms with Crippen molar-refractivity contribution in [1.82, 2.24) is 4.98 Å². The Labute approximate surface area is 146 Å². The molecule has 1 saturated carbocycles.